The maximum Gasteiger partial charge on any atom is 0.136 e. The molecule has 0 aliphatic carbocycles. The van der Waals surface area contributed by atoms with Crippen molar-refractivity contribution in [3.63, 3.8) is 0 Å². The maximum atomic E-state index is 12.6. The second kappa shape index (κ2) is 46.4. The van der Waals surface area contributed by atoms with Gasteiger partial charge in [0, 0.05) is 21.9 Å². The van der Waals surface area contributed by atoms with Gasteiger partial charge < -0.3 is 54.6 Å². The van der Waals surface area contributed by atoms with Crippen LogP contribution in [0.1, 0.15) is 115 Å². The fraction of sp³-hybridized carbons (Fsp3) is 0.467. The molecule has 0 saturated heterocycles. The summed E-state index contributed by atoms with van der Waals surface area (Å²) in [6.07, 6.45) is 3.37. The fourth-order valence-electron chi connectivity index (χ4n) is 8.15. The number of ether oxygens (including phenoxy) is 7. The number of quaternary nitrogens is 1. The summed E-state index contributed by atoms with van der Waals surface area (Å²) in [5.74, 6) is 2.00. The zero-order chi connectivity index (χ0) is 67.2. The molecule has 504 valence electrons. The largest absolute Gasteiger partial charge is 1.00 e. The van der Waals surface area contributed by atoms with Gasteiger partial charge in [-0.1, -0.05) is 109 Å². The van der Waals surface area contributed by atoms with Gasteiger partial charge in [0.05, 0.1) is 85.7 Å². The molecule has 0 unspecified atom stereocenters. The average Bonchev–Trinajstić information content (AvgIpc) is 1.88. The molecule has 0 aliphatic rings. The van der Waals surface area contributed by atoms with Crippen LogP contribution in [0.3, 0.4) is 0 Å². The minimum atomic E-state index is -0.348. The van der Waals surface area contributed by atoms with Gasteiger partial charge in [0.1, 0.15) is 65.5 Å². The number of rotatable bonds is 23. The van der Waals surface area contributed by atoms with Gasteiger partial charge in [0.15, 0.2) is 0 Å². The van der Waals surface area contributed by atoms with Crippen LogP contribution in [0.2, 0.25) is 0 Å². The number of nitrogens with zero attached hydrogens (tertiary/aromatic N) is 3. The van der Waals surface area contributed by atoms with Gasteiger partial charge in [-0.2, -0.15) is 8.75 Å². The summed E-state index contributed by atoms with van der Waals surface area (Å²) in [6.45, 7) is 42.0. The van der Waals surface area contributed by atoms with Crippen LogP contribution >= 0.6 is 23.1 Å². The van der Waals surface area contributed by atoms with E-state index in [0.29, 0.717) is 64.0 Å². The van der Waals surface area contributed by atoms with E-state index in [1.165, 1.54) is 105 Å². The molecule has 2 aromatic heterocycles. The van der Waals surface area contributed by atoms with Crippen LogP contribution in [-0.2, 0) is 18.9 Å². The Balaban J connectivity index is 0.000000573. The van der Waals surface area contributed by atoms with E-state index in [1.54, 1.807) is 0 Å². The molecule has 0 bridgehead atoms. The van der Waals surface area contributed by atoms with E-state index in [0.717, 1.165) is 94.2 Å². The van der Waals surface area contributed by atoms with Crippen molar-refractivity contribution >= 4 is 34.1 Å². The molecule has 0 fully saturated rings. The van der Waals surface area contributed by atoms with Crippen LogP contribution < -0.4 is 31.2 Å². The van der Waals surface area contributed by atoms with E-state index >= 15 is 0 Å². The first-order valence-corrected chi connectivity index (χ1v) is 32.8. The Bertz CT molecular complexity index is 3100. The Labute approximate surface area is 564 Å². The predicted molar refractivity (Wildman–Crippen MR) is 373 cm³/mol. The predicted octanol–water partition coefficient (Wildman–Crippen LogP) is 16.0. The monoisotopic (exact) mass is 1360 g/mol. The van der Waals surface area contributed by atoms with Crippen LogP contribution in [0.15, 0.2) is 103 Å². The van der Waals surface area contributed by atoms with Crippen LogP contribution in [0, 0.1) is 121 Å². The van der Waals surface area contributed by atoms with Gasteiger partial charge in [-0.25, -0.2) is 13.2 Å². The summed E-state index contributed by atoms with van der Waals surface area (Å²) in [5, 5.41) is 0. The highest BCUT2D eigenvalue weighted by Gasteiger charge is 2.11. The molecule has 0 saturated carbocycles. The molecule has 0 spiro atoms. The molecule has 2 heterocycles. The van der Waals surface area contributed by atoms with Gasteiger partial charge in [0.2, 0.25) is 0 Å². The molecule has 0 amide bonds. The van der Waals surface area contributed by atoms with Gasteiger partial charge >= 0.3 is 0 Å². The SMILES string of the molecule is CCCCOc1c(C)sc(C)c1C.CCCOCCOCCOc1cc(C)c(OCCOCCOCC[N+](C)(C)C)cc1C.Cc1cc(C)cc(F)c1.Cc1cc(F)c(C)cc1F.Cc1ccc(C)c2nsnc12.Cc1ccc(C)cc1.Cc1cccc(C)c1.[Br-]. The summed E-state index contributed by atoms with van der Waals surface area (Å²) in [4.78, 5) is 2.69. The quantitative estimate of drug-likeness (QED) is 0.0459. The number of fused-ring (bicyclic) bond motifs is 1. The van der Waals surface area contributed by atoms with Crippen LogP contribution in [0.4, 0.5) is 13.2 Å². The summed E-state index contributed by atoms with van der Waals surface area (Å²) < 4.78 is 86.5. The Morgan fingerprint density at radius 1 is 0.396 bits per heavy atom. The lowest BCUT2D eigenvalue weighted by Crippen LogP contribution is -3.00. The average molecular weight is 1360 g/mol. The van der Waals surface area contributed by atoms with E-state index in [2.05, 4.69) is 167 Å². The topological polar surface area (TPSA) is 90.4 Å². The number of unbranched alkanes of at least 4 members (excludes halogenated alkanes) is 1. The number of benzene rings is 6. The van der Waals surface area contributed by atoms with E-state index in [-0.39, 0.29) is 34.4 Å². The van der Waals surface area contributed by atoms with Crippen LogP contribution in [0.5, 0.6) is 17.2 Å². The van der Waals surface area contributed by atoms with E-state index in [1.807, 2.05) is 57.2 Å². The molecular weight excluding hydrogens is 1260 g/mol. The smallest absolute Gasteiger partial charge is 0.136 e. The molecule has 0 atom stereocenters. The summed E-state index contributed by atoms with van der Waals surface area (Å²) >= 11 is 3.11. The van der Waals surface area contributed by atoms with Gasteiger partial charge in [0.25, 0.3) is 0 Å². The Morgan fingerprint density at radius 3 is 1.19 bits per heavy atom. The second-order valence-corrected chi connectivity index (χ2v) is 25.5. The normalized spacial score (nSPS) is 10.5. The van der Waals surface area contributed by atoms with Gasteiger partial charge in [-0.3, -0.25) is 0 Å². The number of hydrogen-bond donors (Lipinski definition) is 0. The van der Waals surface area contributed by atoms with E-state index in [9.17, 15) is 13.2 Å². The zero-order valence-electron chi connectivity index (χ0n) is 58.4. The third-order valence-corrected chi connectivity index (χ3v) is 15.2. The van der Waals surface area contributed by atoms with Crippen molar-refractivity contribution in [1.29, 1.82) is 0 Å². The van der Waals surface area contributed by atoms with Crippen molar-refractivity contribution in [3.8, 4) is 17.2 Å². The standard InChI is InChI=1S/C24H44NO6.C11H18OS.C8H8F2.C8H9F.C8H8N2S.2C8H10.BrH/c1-7-9-26-11-13-28-15-17-30-23-19-22(3)24(20-21(23)2)31-18-16-29-14-12-27-10-8-25(4,5)6;1-5-6-7-12-11-8(2)9(3)13-10(11)4;1-5-3-8(10)6(2)4-7(5)9;1-6-3-7(2)5-8(9)4-6;1-5-3-4-6(2)8-7(5)9-11-10-8;1-7-3-5-8(2)6-4-7;1-7-4-3-5-8(2)6-7;/h19-20H,7-18H2,1-6H3;5-7H2,1-4H3;3-4H,1-2H3;3-5H,1-2H3;3-4H,1-2H3;2*3-6H,1-2H3;1H/q+1;;;;;;;/p-1. The van der Waals surface area contributed by atoms with E-state index in [4.69, 9.17) is 33.2 Å². The highest BCUT2D eigenvalue weighted by atomic mass is 79.9. The summed E-state index contributed by atoms with van der Waals surface area (Å²) in [6, 6.07) is 32.5. The lowest BCUT2D eigenvalue weighted by atomic mass is 10.1. The molecule has 8 rings (SSSR count). The molecule has 6 aromatic carbocycles. The summed E-state index contributed by atoms with van der Waals surface area (Å²) in [5.41, 5.74) is 15.9. The second-order valence-electron chi connectivity index (χ2n) is 23.5. The Hall–Kier alpha value is -5.69. The molecule has 0 aliphatic heterocycles. The van der Waals surface area contributed by atoms with Crippen molar-refractivity contribution in [3.05, 3.63) is 203 Å². The molecule has 8 aromatic rings. The highest BCUT2D eigenvalue weighted by molar-refractivity contribution is 7.12. The van der Waals surface area contributed by atoms with Crippen molar-refractivity contribution in [1.82, 2.24) is 8.75 Å². The molecule has 91 heavy (non-hydrogen) atoms. The number of aryl methyl sites for hydroxylation is 14. The number of thiophene rings is 1. The lowest BCUT2D eigenvalue weighted by molar-refractivity contribution is -0.870. The van der Waals surface area contributed by atoms with Crippen LogP contribution in [0.25, 0.3) is 11.0 Å². The first-order chi connectivity index (χ1) is 42.6. The first kappa shape index (κ1) is 83.3. The Morgan fingerprint density at radius 2 is 0.813 bits per heavy atom. The maximum absolute atomic E-state index is 12.6. The number of halogens is 4. The third kappa shape index (κ3) is 36.4. The van der Waals surface area contributed by atoms with Crippen molar-refractivity contribution in [2.24, 2.45) is 0 Å². The Kier molecular flexibility index (Phi) is 42.5. The van der Waals surface area contributed by atoms with Gasteiger partial charge in [-0.15, -0.1) is 11.3 Å². The fourth-order valence-corrected chi connectivity index (χ4v) is 9.82. The molecule has 10 nitrogen and oxygen atoms in total. The molecule has 16 heteroatoms. The van der Waals surface area contributed by atoms with Crippen LogP contribution in [-0.4, -0.2) is 114 Å². The van der Waals surface area contributed by atoms with E-state index < -0.39 is 0 Å². The number of likely N-dealkylation sites (N-methyl/N-ethyl adjacent to an activating group) is 1. The van der Waals surface area contributed by atoms with Crippen molar-refractivity contribution in [2.75, 3.05) is 100 Å². The third-order valence-electron chi connectivity index (χ3n) is 13.5. The van der Waals surface area contributed by atoms with Gasteiger partial charge in [-0.05, 0) is 198 Å². The first-order valence-electron chi connectivity index (χ1n) is 31.2. The highest BCUT2D eigenvalue weighted by Crippen LogP contribution is 2.33. The zero-order valence-corrected chi connectivity index (χ0v) is 61.7. The molecule has 0 N–H and O–H groups in total. The number of hydrogen-bond acceptors (Lipinski definition) is 11. The molecular formula is C75H107BrF3N3O7S2. The van der Waals surface area contributed by atoms with Crippen molar-refractivity contribution in [2.45, 2.75) is 137 Å². The minimum Gasteiger partial charge on any atom is -1.00 e. The lowest BCUT2D eigenvalue weighted by Gasteiger charge is -2.23. The summed E-state index contributed by atoms with van der Waals surface area (Å²) in [7, 11) is 6.46. The minimum absolute atomic E-state index is 0. The number of aromatic nitrogens is 2. The molecule has 0 radical (unpaired) electrons. The van der Waals surface area contributed by atoms with Crippen molar-refractivity contribution < 1.29 is 67.8 Å².